The van der Waals surface area contributed by atoms with Crippen molar-refractivity contribution >= 4 is 0 Å². The highest BCUT2D eigenvalue weighted by Crippen LogP contribution is 2.18. The SMILES string of the molecule is CC(NCCC1CCOC1)c1ccccc1F. The second kappa shape index (κ2) is 6.12. The third kappa shape index (κ3) is 3.51. The predicted molar refractivity (Wildman–Crippen MR) is 66.4 cm³/mol. The maximum Gasteiger partial charge on any atom is 0.127 e. The van der Waals surface area contributed by atoms with Crippen LogP contribution in [0.2, 0.25) is 0 Å². The van der Waals surface area contributed by atoms with E-state index < -0.39 is 0 Å². The summed E-state index contributed by atoms with van der Waals surface area (Å²) < 4.78 is 18.8. The van der Waals surface area contributed by atoms with E-state index in [0.29, 0.717) is 5.92 Å². The molecule has 17 heavy (non-hydrogen) atoms. The normalized spacial score (nSPS) is 21.6. The van der Waals surface area contributed by atoms with E-state index in [1.54, 1.807) is 6.07 Å². The number of halogens is 1. The van der Waals surface area contributed by atoms with Crippen LogP contribution in [0.4, 0.5) is 4.39 Å². The summed E-state index contributed by atoms with van der Waals surface area (Å²) in [5, 5.41) is 3.37. The van der Waals surface area contributed by atoms with Crippen LogP contribution >= 0.6 is 0 Å². The topological polar surface area (TPSA) is 21.3 Å². The summed E-state index contributed by atoms with van der Waals surface area (Å²) in [6, 6.07) is 7.02. The monoisotopic (exact) mass is 237 g/mol. The summed E-state index contributed by atoms with van der Waals surface area (Å²) in [7, 11) is 0. The number of hydrogen-bond donors (Lipinski definition) is 1. The molecule has 1 aliphatic rings. The molecule has 2 rings (SSSR count). The Kier molecular flexibility index (Phi) is 4.51. The Hall–Kier alpha value is -0.930. The van der Waals surface area contributed by atoms with Crippen LogP contribution in [0.15, 0.2) is 24.3 Å². The second-order valence-electron chi connectivity index (χ2n) is 4.72. The molecule has 0 bridgehead atoms. The first-order valence-corrected chi connectivity index (χ1v) is 6.33. The number of nitrogens with one attached hydrogen (secondary N) is 1. The minimum Gasteiger partial charge on any atom is -0.381 e. The zero-order chi connectivity index (χ0) is 12.1. The molecule has 0 saturated carbocycles. The molecule has 1 aromatic rings. The standard InChI is InChI=1S/C14H20FNO/c1-11(13-4-2-3-5-14(13)15)16-8-6-12-7-9-17-10-12/h2-5,11-12,16H,6-10H2,1H3. The molecule has 1 aliphatic heterocycles. The molecule has 1 aromatic carbocycles. The molecule has 0 radical (unpaired) electrons. The molecule has 2 atom stereocenters. The van der Waals surface area contributed by atoms with E-state index in [1.165, 1.54) is 6.07 Å². The lowest BCUT2D eigenvalue weighted by molar-refractivity contribution is 0.184. The van der Waals surface area contributed by atoms with Crippen molar-refractivity contribution in [1.82, 2.24) is 5.32 Å². The minimum atomic E-state index is -0.128. The molecular weight excluding hydrogens is 217 g/mol. The fourth-order valence-electron chi connectivity index (χ4n) is 2.25. The average Bonchev–Trinajstić information content (AvgIpc) is 2.82. The Morgan fingerprint density at radius 2 is 2.29 bits per heavy atom. The molecule has 1 saturated heterocycles. The van der Waals surface area contributed by atoms with Crippen LogP contribution in [-0.2, 0) is 4.74 Å². The summed E-state index contributed by atoms with van der Waals surface area (Å²) in [6.07, 6.45) is 2.27. The van der Waals surface area contributed by atoms with Crippen molar-refractivity contribution in [2.45, 2.75) is 25.8 Å². The molecule has 2 nitrogen and oxygen atoms in total. The van der Waals surface area contributed by atoms with E-state index in [0.717, 1.165) is 38.2 Å². The van der Waals surface area contributed by atoms with Crippen molar-refractivity contribution < 1.29 is 9.13 Å². The van der Waals surface area contributed by atoms with Crippen LogP contribution in [0, 0.1) is 11.7 Å². The highest BCUT2D eigenvalue weighted by Gasteiger charge is 2.16. The van der Waals surface area contributed by atoms with Gasteiger partial charge in [-0.05, 0) is 38.3 Å². The highest BCUT2D eigenvalue weighted by atomic mass is 19.1. The Bertz CT molecular complexity index is 350. The smallest absolute Gasteiger partial charge is 0.127 e. The zero-order valence-corrected chi connectivity index (χ0v) is 10.3. The van der Waals surface area contributed by atoms with Gasteiger partial charge in [-0.15, -0.1) is 0 Å². The van der Waals surface area contributed by atoms with Gasteiger partial charge in [-0.25, -0.2) is 4.39 Å². The summed E-state index contributed by atoms with van der Waals surface area (Å²) >= 11 is 0. The molecular formula is C14H20FNO. The van der Waals surface area contributed by atoms with Gasteiger partial charge in [0, 0.05) is 24.8 Å². The van der Waals surface area contributed by atoms with E-state index in [-0.39, 0.29) is 11.9 Å². The molecule has 94 valence electrons. The average molecular weight is 237 g/mol. The van der Waals surface area contributed by atoms with Gasteiger partial charge in [0.1, 0.15) is 5.82 Å². The van der Waals surface area contributed by atoms with Crippen molar-refractivity contribution in [3.8, 4) is 0 Å². The lowest BCUT2D eigenvalue weighted by Gasteiger charge is -2.16. The first-order chi connectivity index (χ1) is 8.27. The van der Waals surface area contributed by atoms with Crippen molar-refractivity contribution in [2.24, 2.45) is 5.92 Å². The molecule has 0 spiro atoms. The Morgan fingerprint density at radius 3 is 3.00 bits per heavy atom. The third-order valence-electron chi connectivity index (χ3n) is 3.40. The van der Waals surface area contributed by atoms with E-state index >= 15 is 0 Å². The zero-order valence-electron chi connectivity index (χ0n) is 10.3. The summed E-state index contributed by atoms with van der Waals surface area (Å²) in [6.45, 7) is 4.70. The van der Waals surface area contributed by atoms with Crippen molar-refractivity contribution in [3.63, 3.8) is 0 Å². The van der Waals surface area contributed by atoms with Crippen molar-refractivity contribution in [1.29, 1.82) is 0 Å². The van der Waals surface area contributed by atoms with Gasteiger partial charge >= 0.3 is 0 Å². The molecule has 2 unspecified atom stereocenters. The van der Waals surface area contributed by atoms with Gasteiger partial charge in [-0.1, -0.05) is 18.2 Å². The van der Waals surface area contributed by atoms with Crippen LogP contribution < -0.4 is 5.32 Å². The summed E-state index contributed by atoms with van der Waals surface area (Å²) in [5.74, 6) is 0.548. The highest BCUT2D eigenvalue weighted by molar-refractivity contribution is 5.20. The fourth-order valence-corrected chi connectivity index (χ4v) is 2.25. The predicted octanol–water partition coefficient (Wildman–Crippen LogP) is 2.90. The Balaban J connectivity index is 1.77. The van der Waals surface area contributed by atoms with Crippen molar-refractivity contribution in [2.75, 3.05) is 19.8 Å². The number of rotatable bonds is 5. The summed E-state index contributed by atoms with van der Waals surface area (Å²) in [5.41, 5.74) is 0.746. The van der Waals surface area contributed by atoms with Crippen LogP contribution in [0.3, 0.4) is 0 Å². The number of benzene rings is 1. The van der Waals surface area contributed by atoms with Gasteiger partial charge in [0.2, 0.25) is 0 Å². The van der Waals surface area contributed by atoms with Gasteiger partial charge in [0.05, 0.1) is 0 Å². The third-order valence-corrected chi connectivity index (χ3v) is 3.40. The molecule has 1 fully saturated rings. The molecule has 3 heteroatoms. The van der Waals surface area contributed by atoms with Gasteiger partial charge < -0.3 is 10.1 Å². The Labute approximate surface area is 102 Å². The first kappa shape index (κ1) is 12.5. The molecule has 0 aliphatic carbocycles. The van der Waals surface area contributed by atoms with Crippen LogP contribution in [0.1, 0.15) is 31.4 Å². The fraction of sp³-hybridized carbons (Fsp3) is 0.571. The van der Waals surface area contributed by atoms with Gasteiger partial charge in [-0.3, -0.25) is 0 Å². The molecule has 0 amide bonds. The van der Waals surface area contributed by atoms with Crippen LogP contribution in [-0.4, -0.2) is 19.8 Å². The quantitative estimate of drug-likeness (QED) is 0.850. The van der Waals surface area contributed by atoms with Crippen molar-refractivity contribution in [3.05, 3.63) is 35.6 Å². The molecule has 1 heterocycles. The van der Waals surface area contributed by atoms with E-state index in [1.807, 2.05) is 19.1 Å². The largest absolute Gasteiger partial charge is 0.381 e. The van der Waals surface area contributed by atoms with Gasteiger partial charge in [0.25, 0.3) is 0 Å². The van der Waals surface area contributed by atoms with Crippen LogP contribution in [0.25, 0.3) is 0 Å². The van der Waals surface area contributed by atoms with Gasteiger partial charge in [-0.2, -0.15) is 0 Å². The van der Waals surface area contributed by atoms with Gasteiger partial charge in [0.15, 0.2) is 0 Å². The van der Waals surface area contributed by atoms with E-state index in [9.17, 15) is 4.39 Å². The second-order valence-corrected chi connectivity index (χ2v) is 4.72. The lowest BCUT2D eigenvalue weighted by Crippen LogP contribution is -2.22. The molecule has 1 N–H and O–H groups in total. The first-order valence-electron chi connectivity index (χ1n) is 6.33. The van der Waals surface area contributed by atoms with E-state index in [4.69, 9.17) is 4.74 Å². The maximum atomic E-state index is 13.5. The minimum absolute atomic E-state index is 0.0681. The number of ether oxygens (including phenoxy) is 1. The maximum absolute atomic E-state index is 13.5. The number of hydrogen-bond acceptors (Lipinski definition) is 2. The molecule has 0 aromatic heterocycles. The summed E-state index contributed by atoms with van der Waals surface area (Å²) in [4.78, 5) is 0. The van der Waals surface area contributed by atoms with Crippen LogP contribution in [0.5, 0.6) is 0 Å². The Morgan fingerprint density at radius 1 is 1.47 bits per heavy atom. The lowest BCUT2D eigenvalue weighted by atomic mass is 10.0. The van der Waals surface area contributed by atoms with E-state index in [2.05, 4.69) is 5.32 Å².